The number of benzene rings is 1. The highest BCUT2D eigenvalue weighted by molar-refractivity contribution is 6.34. The molecule has 0 fully saturated rings. The fourth-order valence-electron chi connectivity index (χ4n) is 1.93. The van der Waals surface area contributed by atoms with E-state index in [2.05, 4.69) is 22.4 Å². The van der Waals surface area contributed by atoms with E-state index < -0.39 is 0 Å². The van der Waals surface area contributed by atoms with Crippen molar-refractivity contribution in [2.75, 3.05) is 25.1 Å². The van der Waals surface area contributed by atoms with Gasteiger partial charge in [0.1, 0.15) is 0 Å². The van der Waals surface area contributed by atoms with Gasteiger partial charge < -0.3 is 10.1 Å². The molecule has 2 aromatic rings. The van der Waals surface area contributed by atoms with Crippen LogP contribution in [0.25, 0.3) is 10.8 Å². The zero-order chi connectivity index (χ0) is 14.2. The van der Waals surface area contributed by atoms with E-state index in [9.17, 15) is 0 Å². The lowest BCUT2D eigenvalue weighted by atomic mass is 10.2. The van der Waals surface area contributed by atoms with Crippen LogP contribution in [0.15, 0.2) is 24.3 Å². The predicted octanol–water partition coefficient (Wildman–Crippen LogP) is 3.90. The Balaban J connectivity index is 1.86. The Morgan fingerprint density at radius 3 is 2.65 bits per heavy atom. The summed E-state index contributed by atoms with van der Waals surface area (Å²) in [5.74, 6) is 0.776. The molecule has 0 aliphatic rings. The highest BCUT2D eigenvalue weighted by atomic mass is 35.5. The monoisotopic (exact) mass is 293 g/mol. The Kier molecular flexibility index (Phi) is 6.02. The van der Waals surface area contributed by atoms with E-state index >= 15 is 0 Å². The third-order valence-corrected chi connectivity index (χ3v) is 3.32. The van der Waals surface area contributed by atoms with Crippen LogP contribution in [0.3, 0.4) is 0 Å². The minimum Gasteiger partial charge on any atom is -0.381 e. The molecule has 1 aromatic heterocycles. The first-order valence-electron chi connectivity index (χ1n) is 7.05. The van der Waals surface area contributed by atoms with E-state index in [4.69, 9.17) is 16.3 Å². The Morgan fingerprint density at radius 2 is 1.85 bits per heavy atom. The fourth-order valence-corrected chi connectivity index (χ4v) is 2.13. The van der Waals surface area contributed by atoms with Gasteiger partial charge in [0, 0.05) is 30.5 Å². The van der Waals surface area contributed by atoms with Crippen molar-refractivity contribution in [3.8, 4) is 0 Å². The van der Waals surface area contributed by atoms with E-state index in [1.165, 1.54) is 6.42 Å². The van der Waals surface area contributed by atoms with Crippen molar-refractivity contribution in [2.45, 2.75) is 26.2 Å². The Morgan fingerprint density at radius 1 is 1.10 bits per heavy atom. The molecule has 0 spiro atoms. The molecule has 0 unspecified atom stereocenters. The molecule has 0 bridgehead atoms. The van der Waals surface area contributed by atoms with Gasteiger partial charge in [-0.05, 0) is 12.8 Å². The van der Waals surface area contributed by atoms with Crippen LogP contribution in [0.1, 0.15) is 26.2 Å². The Bertz CT molecular complexity index is 548. The number of rotatable bonds is 8. The highest BCUT2D eigenvalue weighted by Gasteiger charge is 2.06. The smallest absolute Gasteiger partial charge is 0.159 e. The van der Waals surface area contributed by atoms with Crippen LogP contribution >= 0.6 is 11.6 Å². The number of nitrogens with zero attached hydrogens (tertiary/aromatic N) is 2. The third-order valence-electron chi connectivity index (χ3n) is 3.04. The van der Waals surface area contributed by atoms with Crippen LogP contribution in [0.2, 0.25) is 5.15 Å². The summed E-state index contributed by atoms with van der Waals surface area (Å²) in [6, 6.07) is 7.86. The van der Waals surface area contributed by atoms with E-state index in [0.717, 1.165) is 49.2 Å². The van der Waals surface area contributed by atoms with Gasteiger partial charge in [0.15, 0.2) is 11.0 Å². The second-order valence-electron chi connectivity index (χ2n) is 4.63. The van der Waals surface area contributed by atoms with Crippen molar-refractivity contribution in [1.82, 2.24) is 10.2 Å². The van der Waals surface area contributed by atoms with E-state index in [1.54, 1.807) is 0 Å². The molecule has 1 N–H and O–H groups in total. The summed E-state index contributed by atoms with van der Waals surface area (Å²) in [7, 11) is 0. The fraction of sp³-hybridized carbons (Fsp3) is 0.467. The largest absolute Gasteiger partial charge is 0.381 e. The molecule has 108 valence electrons. The summed E-state index contributed by atoms with van der Waals surface area (Å²) in [5.41, 5.74) is 0. The molecule has 20 heavy (non-hydrogen) atoms. The maximum atomic E-state index is 6.04. The van der Waals surface area contributed by atoms with Crippen LogP contribution in [-0.2, 0) is 4.74 Å². The van der Waals surface area contributed by atoms with Gasteiger partial charge in [-0.25, -0.2) is 0 Å². The summed E-state index contributed by atoms with van der Waals surface area (Å²) < 4.78 is 5.52. The van der Waals surface area contributed by atoms with Crippen molar-refractivity contribution in [3.63, 3.8) is 0 Å². The number of hydrogen-bond acceptors (Lipinski definition) is 4. The summed E-state index contributed by atoms with van der Waals surface area (Å²) >= 11 is 6.04. The lowest BCUT2D eigenvalue weighted by Crippen LogP contribution is -2.08. The van der Waals surface area contributed by atoms with Gasteiger partial charge in [-0.1, -0.05) is 49.2 Å². The molecule has 0 aliphatic heterocycles. The van der Waals surface area contributed by atoms with Gasteiger partial charge in [0.25, 0.3) is 0 Å². The molecule has 1 heterocycles. The number of anilines is 1. The molecule has 0 saturated heterocycles. The average molecular weight is 294 g/mol. The molecule has 0 atom stereocenters. The van der Waals surface area contributed by atoms with Gasteiger partial charge in [0.05, 0.1) is 0 Å². The predicted molar refractivity (Wildman–Crippen MR) is 83.4 cm³/mol. The number of fused-ring (bicyclic) bond motifs is 1. The summed E-state index contributed by atoms with van der Waals surface area (Å²) in [6.07, 6.45) is 3.24. The SMILES string of the molecule is CCCCOCCCNc1nnc(Cl)c2ccccc12. The number of ether oxygens (including phenoxy) is 1. The number of unbranched alkanes of at least 4 members (excludes halogenated alkanes) is 1. The topological polar surface area (TPSA) is 47.0 Å². The van der Waals surface area contributed by atoms with E-state index in [-0.39, 0.29) is 0 Å². The summed E-state index contributed by atoms with van der Waals surface area (Å²) in [5, 5.41) is 13.7. The van der Waals surface area contributed by atoms with Gasteiger partial charge in [0.2, 0.25) is 0 Å². The van der Waals surface area contributed by atoms with Crippen LogP contribution < -0.4 is 5.32 Å². The van der Waals surface area contributed by atoms with Crippen LogP contribution in [0.5, 0.6) is 0 Å². The zero-order valence-corrected chi connectivity index (χ0v) is 12.5. The zero-order valence-electron chi connectivity index (χ0n) is 11.7. The molecule has 2 rings (SSSR count). The van der Waals surface area contributed by atoms with E-state index in [0.29, 0.717) is 5.15 Å². The first kappa shape index (κ1) is 15.0. The lowest BCUT2D eigenvalue weighted by Gasteiger charge is -2.09. The summed E-state index contributed by atoms with van der Waals surface area (Å²) in [6.45, 7) is 4.59. The first-order chi connectivity index (χ1) is 9.83. The summed E-state index contributed by atoms with van der Waals surface area (Å²) in [4.78, 5) is 0. The number of hydrogen-bond donors (Lipinski definition) is 1. The maximum absolute atomic E-state index is 6.04. The van der Waals surface area contributed by atoms with Gasteiger partial charge >= 0.3 is 0 Å². The molecule has 0 amide bonds. The van der Waals surface area contributed by atoms with Gasteiger partial charge in [-0.15, -0.1) is 10.2 Å². The maximum Gasteiger partial charge on any atom is 0.159 e. The van der Waals surface area contributed by atoms with Crippen molar-refractivity contribution >= 4 is 28.2 Å². The second-order valence-corrected chi connectivity index (χ2v) is 4.99. The molecular weight excluding hydrogens is 274 g/mol. The van der Waals surface area contributed by atoms with Gasteiger partial charge in [-0.3, -0.25) is 0 Å². The lowest BCUT2D eigenvalue weighted by molar-refractivity contribution is 0.131. The Hall–Kier alpha value is -1.39. The van der Waals surface area contributed by atoms with E-state index in [1.807, 2.05) is 24.3 Å². The molecule has 0 saturated carbocycles. The molecule has 4 nitrogen and oxygen atoms in total. The van der Waals surface area contributed by atoms with Gasteiger partial charge in [-0.2, -0.15) is 0 Å². The minimum atomic E-state index is 0.439. The Labute approximate surface area is 124 Å². The van der Waals surface area contributed by atoms with Crippen molar-refractivity contribution < 1.29 is 4.74 Å². The standard InChI is InChI=1S/C15H20ClN3O/c1-2-3-10-20-11-6-9-17-15-13-8-5-4-7-12(13)14(16)18-19-15/h4-5,7-8H,2-3,6,9-11H2,1H3,(H,17,19). The third kappa shape index (κ3) is 4.05. The quantitative estimate of drug-likeness (QED) is 0.750. The second kappa shape index (κ2) is 8.02. The van der Waals surface area contributed by atoms with Crippen LogP contribution in [0.4, 0.5) is 5.82 Å². The van der Waals surface area contributed by atoms with Crippen LogP contribution in [0, 0.1) is 0 Å². The average Bonchev–Trinajstić information content (AvgIpc) is 2.49. The van der Waals surface area contributed by atoms with Crippen LogP contribution in [-0.4, -0.2) is 30.0 Å². The number of aromatic nitrogens is 2. The highest BCUT2D eigenvalue weighted by Crippen LogP contribution is 2.25. The molecule has 0 aliphatic carbocycles. The van der Waals surface area contributed by atoms with Crippen molar-refractivity contribution in [2.24, 2.45) is 0 Å². The molecular formula is C15H20ClN3O. The van der Waals surface area contributed by atoms with Crippen molar-refractivity contribution in [1.29, 1.82) is 0 Å². The van der Waals surface area contributed by atoms with Crippen molar-refractivity contribution in [3.05, 3.63) is 29.4 Å². The number of nitrogens with one attached hydrogen (secondary N) is 1. The first-order valence-corrected chi connectivity index (χ1v) is 7.43. The normalized spacial score (nSPS) is 10.9. The number of halogens is 1. The molecule has 0 radical (unpaired) electrons. The minimum absolute atomic E-state index is 0.439. The molecule has 5 heteroatoms. The molecule has 1 aromatic carbocycles.